The molecule has 0 atom stereocenters. The number of nitrogens with one attached hydrogen (secondary N) is 1. The number of hydrogen-bond donors (Lipinski definition) is 1. The minimum Gasteiger partial charge on any atom is -0.308 e. The molecule has 0 amide bonds. The predicted octanol–water partition coefficient (Wildman–Crippen LogP) is 1.87. The first-order valence-electron chi connectivity index (χ1n) is 6.93. The topological polar surface area (TPSA) is 55.6 Å². The number of rotatable bonds is 6. The molecule has 1 fully saturated rings. The van der Waals surface area contributed by atoms with Gasteiger partial charge in [-0.1, -0.05) is 6.92 Å². The monoisotopic (exact) mass is 257 g/mol. The lowest BCUT2D eigenvalue weighted by atomic mass is 10.3. The summed E-state index contributed by atoms with van der Waals surface area (Å²) in [5.74, 6) is 1.90. The maximum atomic E-state index is 4.66. The summed E-state index contributed by atoms with van der Waals surface area (Å²) in [7, 11) is 0. The fraction of sp³-hybridized carbons (Fsp3) is 0.500. The predicted molar refractivity (Wildman–Crippen MR) is 73.0 cm³/mol. The molecule has 1 saturated carbocycles. The number of hydrogen-bond acceptors (Lipinski definition) is 4. The molecule has 5 nitrogen and oxygen atoms in total. The van der Waals surface area contributed by atoms with Crippen molar-refractivity contribution in [1.82, 2.24) is 24.8 Å². The van der Waals surface area contributed by atoms with Crippen LogP contribution >= 0.6 is 0 Å². The Labute approximate surface area is 113 Å². The first-order chi connectivity index (χ1) is 9.36. The van der Waals surface area contributed by atoms with Gasteiger partial charge in [-0.25, -0.2) is 9.97 Å². The molecule has 5 heteroatoms. The van der Waals surface area contributed by atoms with Crippen molar-refractivity contribution in [3.8, 4) is 5.82 Å². The lowest BCUT2D eigenvalue weighted by molar-refractivity contribution is 0.668. The Kier molecular flexibility index (Phi) is 3.55. The van der Waals surface area contributed by atoms with Gasteiger partial charge in [-0.2, -0.15) is 0 Å². The second-order valence-corrected chi connectivity index (χ2v) is 4.99. The molecule has 1 aliphatic rings. The lowest BCUT2D eigenvalue weighted by Gasteiger charge is -2.08. The molecular weight excluding hydrogens is 238 g/mol. The third-order valence-electron chi connectivity index (χ3n) is 3.26. The Morgan fingerprint density at radius 1 is 1.37 bits per heavy atom. The molecule has 1 aliphatic carbocycles. The summed E-state index contributed by atoms with van der Waals surface area (Å²) in [6.45, 7) is 2.95. The first kappa shape index (κ1) is 12.3. The van der Waals surface area contributed by atoms with Crippen molar-refractivity contribution < 1.29 is 0 Å². The quantitative estimate of drug-likeness (QED) is 0.858. The molecule has 3 rings (SSSR count). The van der Waals surface area contributed by atoms with Crippen molar-refractivity contribution in [2.24, 2.45) is 0 Å². The van der Waals surface area contributed by atoms with Gasteiger partial charge in [0.15, 0.2) is 5.82 Å². The van der Waals surface area contributed by atoms with Crippen LogP contribution in [0.4, 0.5) is 0 Å². The van der Waals surface area contributed by atoms with Gasteiger partial charge in [0.25, 0.3) is 0 Å². The fourth-order valence-electron chi connectivity index (χ4n) is 2.08. The van der Waals surface area contributed by atoms with Crippen molar-refractivity contribution >= 4 is 0 Å². The highest BCUT2D eigenvalue weighted by Crippen LogP contribution is 2.19. The van der Waals surface area contributed by atoms with Crippen molar-refractivity contribution in [2.45, 2.75) is 45.2 Å². The van der Waals surface area contributed by atoms with E-state index in [9.17, 15) is 0 Å². The fourth-order valence-corrected chi connectivity index (χ4v) is 2.08. The van der Waals surface area contributed by atoms with E-state index < -0.39 is 0 Å². The van der Waals surface area contributed by atoms with E-state index >= 15 is 0 Å². The number of aryl methyl sites for hydroxylation is 1. The molecule has 0 unspecified atom stereocenters. The molecule has 2 aromatic heterocycles. The van der Waals surface area contributed by atoms with E-state index in [1.54, 1.807) is 6.20 Å². The van der Waals surface area contributed by atoms with Crippen LogP contribution in [0.1, 0.15) is 37.7 Å². The summed E-state index contributed by atoms with van der Waals surface area (Å²) in [5, 5.41) is 3.46. The van der Waals surface area contributed by atoms with E-state index in [0.717, 1.165) is 36.7 Å². The Bertz CT molecular complexity index is 544. The van der Waals surface area contributed by atoms with Crippen LogP contribution in [0, 0.1) is 0 Å². The molecule has 2 aromatic rings. The third kappa shape index (κ3) is 2.98. The average Bonchev–Trinajstić information content (AvgIpc) is 3.15. The molecule has 1 N–H and O–H groups in total. The van der Waals surface area contributed by atoms with E-state index in [2.05, 4.69) is 27.2 Å². The van der Waals surface area contributed by atoms with Gasteiger partial charge >= 0.3 is 0 Å². The van der Waals surface area contributed by atoms with Crippen molar-refractivity contribution in [1.29, 1.82) is 0 Å². The normalized spacial score (nSPS) is 14.8. The summed E-state index contributed by atoms with van der Waals surface area (Å²) in [6.07, 6.45) is 12.0. The van der Waals surface area contributed by atoms with Crippen molar-refractivity contribution in [3.05, 3.63) is 36.3 Å². The smallest absolute Gasteiger partial charge is 0.156 e. The Morgan fingerprint density at radius 3 is 3.05 bits per heavy atom. The van der Waals surface area contributed by atoms with Crippen LogP contribution in [-0.2, 0) is 13.0 Å². The van der Waals surface area contributed by atoms with Crippen molar-refractivity contribution in [2.75, 3.05) is 0 Å². The van der Waals surface area contributed by atoms with E-state index in [-0.39, 0.29) is 0 Å². The number of imidazole rings is 1. The van der Waals surface area contributed by atoms with Gasteiger partial charge in [-0.05, 0) is 19.3 Å². The molecule has 0 saturated heterocycles. The van der Waals surface area contributed by atoms with Gasteiger partial charge < -0.3 is 5.32 Å². The highest BCUT2D eigenvalue weighted by molar-refractivity contribution is 5.22. The van der Waals surface area contributed by atoms with Crippen LogP contribution in [0.15, 0.2) is 24.8 Å². The van der Waals surface area contributed by atoms with Crippen LogP contribution in [0.3, 0.4) is 0 Å². The van der Waals surface area contributed by atoms with E-state index in [1.165, 1.54) is 12.8 Å². The molecule has 19 heavy (non-hydrogen) atoms. The van der Waals surface area contributed by atoms with Crippen LogP contribution in [0.5, 0.6) is 0 Å². The maximum Gasteiger partial charge on any atom is 0.156 e. The summed E-state index contributed by atoms with van der Waals surface area (Å²) in [6, 6.07) is 0.689. The van der Waals surface area contributed by atoms with Gasteiger partial charge in [0.05, 0.1) is 11.9 Å². The van der Waals surface area contributed by atoms with E-state index in [0.29, 0.717) is 6.04 Å². The summed E-state index contributed by atoms with van der Waals surface area (Å²) < 4.78 is 2.02. The second kappa shape index (κ2) is 5.48. The molecule has 0 radical (unpaired) electrons. The Hall–Kier alpha value is -1.75. The van der Waals surface area contributed by atoms with Crippen LogP contribution < -0.4 is 5.32 Å². The summed E-state index contributed by atoms with van der Waals surface area (Å²) >= 11 is 0. The molecule has 0 aliphatic heterocycles. The Balaban J connectivity index is 1.78. The SMILES string of the molecule is CCCc1nccn1-c1cncc(CNC2CC2)n1. The van der Waals surface area contributed by atoms with E-state index in [4.69, 9.17) is 0 Å². The van der Waals surface area contributed by atoms with Gasteiger partial charge in [-0.3, -0.25) is 9.55 Å². The molecule has 100 valence electrons. The highest BCUT2D eigenvalue weighted by atomic mass is 15.1. The molecular formula is C14H19N5. The minimum atomic E-state index is 0.689. The van der Waals surface area contributed by atoms with Crippen LogP contribution in [0.25, 0.3) is 5.82 Å². The second-order valence-electron chi connectivity index (χ2n) is 4.99. The van der Waals surface area contributed by atoms with Gasteiger partial charge in [0, 0.05) is 37.6 Å². The molecule has 0 bridgehead atoms. The summed E-state index contributed by atoms with van der Waals surface area (Å²) in [5.41, 5.74) is 0.987. The zero-order valence-electron chi connectivity index (χ0n) is 11.2. The van der Waals surface area contributed by atoms with Gasteiger partial charge in [0.2, 0.25) is 0 Å². The van der Waals surface area contributed by atoms with Gasteiger partial charge in [-0.15, -0.1) is 0 Å². The zero-order chi connectivity index (χ0) is 13.1. The lowest BCUT2D eigenvalue weighted by Crippen LogP contribution is -2.17. The third-order valence-corrected chi connectivity index (χ3v) is 3.26. The van der Waals surface area contributed by atoms with Gasteiger partial charge in [0.1, 0.15) is 5.82 Å². The Morgan fingerprint density at radius 2 is 2.26 bits per heavy atom. The molecule has 0 aromatic carbocycles. The first-order valence-corrected chi connectivity index (χ1v) is 6.93. The standard InChI is InChI=1S/C14H19N5/c1-2-3-13-16-6-7-19(13)14-10-15-8-12(18-14)9-17-11-4-5-11/h6-8,10-11,17H,2-5,9H2,1H3. The average molecular weight is 257 g/mol. The highest BCUT2D eigenvalue weighted by Gasteiger charge is 2.20. The molecule has 2 heterocycles. The largest absolute Gasteiger partial charge is 0.308 e. The maximum absolute atomic E-state index is 4.66. The zero-order valence-corrected chi connectivity index (χ0v) is 11.2. The van der Waals surface area contributed by atoms with E-state index in [1.807, 2.05) is 23.2 Å². The van der Waals surface area contributed by atoms with Crippen molar-refractivity contribution in [3.63, 3.8) is 0 Å². The summed E-state index contributed by atoms with van der Waals surface area (Å²) in [4.78, 5) is 13.3. The number of aromatic nitrogens is 4. The minimum absolute atomic E-state index is 0.689. The van der Waals surface area contributed by atoms with Crippen LogP contribution in [-0.4, -0.2) is 25.6 Å². The number of nitrogens with zero attached hydrogens (tertiary/aromatic N) is 4. The molecule has 0 spiro atoms. The van der Waals surface area contributed by atoms with Crippen LogP contribution in [0.2, 0.25) is 0 Å².